The van der Waals surface area contributed by atoms with Gasteiger partial charge in [0.2, 0.25) is 0 Å². The zero-order valence-electron chi connectivity index (χ0n) is 10.8. The average molecular weight is 214 g/mol. The Hall–Kier alpha value is -1.56. The van der Waals surface area contributed by atoms with Gasteiger partial charge in [0.15, 0.2) is 0 Å². The predicted molar refractivity (Wildman–Crippen MR) is 75.4 cm³/mol. The molecule has 0 radical (unpaired) electrons. The van der Waals surface area contributed by atoms with Crippen LogP contribution >= 0.6 is 0 Å². The molecule has 0 saturated carbocycles. The van der Waals surface area contributed by atoms with Gasteiger partial charge in [0.25, 0.3) is 0 Å². The number of rotatable bonds is 5. The molecule has 0 unspecified atom stereocenters. The lowest BCUT2D eigenvalue weighted by Crippen LogP contribution is -1.80. The quantitative estimate of drug-likeness (QED) is 0.556. The Bertz CT molecular complexity index is 357. The first kappa shape index (κ1) is 14.4. The van der Waals surface area contributed by atoms with Crippen LogP contribution < -0.4 is 0 Å². The lowest BCUT2D eigenvalue weighted by Gasteiger charge is -2.00. The van der Waals surface area contributed by atoms with E-state index in [0.29, 0.717) is 0 Å². The zero-order chi connectivity index (χ0) is 12.4. The molecule has 0 aliphatic carbocycles. The van der Waals surface area contributed by atoms with E-state index in [4.69, 9.17) is 0 Å². The molecule has 0 atom stereocenters. The molecule has 0 rings (SSSR count). The third-order valence-electron chi connectivity index (χ3n) is 2.19. The van der Waals surface area contributed by atoms with Gasteiger partial charge < -0.3 is 0 Å². The zero-order valence-corrected chi connectivity index (χ0v) is 10.8. The fourth-order valence-electron chi connectivity index (χ4n) is 1.07. The highest BCUT2D eigenvalue weighted by molar-refractivity contribution is 5.47. The SMILES string of the molecule is C=C(/C=C\C(C)=C/C)C(/C=C\C)=C/C=C/C. The summed E-state index contributed by atoms with van der Waals surface area (Å²) in [5.74, 6) is 0. The monoisotopic (exact) mass is 214 g/mol. The van der Waals surface area contributed by atoms with Crippen LogP contribution in [-0.4, -0.2) is 0 Å². The third kappa shape index (κ3) is 6.02. The van der Waals surface area contributed by atoms with Gasteiger partial charge in [-0.1, -0.05) is 60.8 Å². The highest BCUT2D eigenvalue weighted by Gasteiger charge is 1.93. The van der Waals surface area contributed by atoms with Gasteiger partial charge in [-0.3, -0.25) is 0 Å². The van der Waals surface area contributed by atoms with E-state index >= 15 is 0 Å². The topological polar surface area (TPSA) is 0 Å². The van der Waals surface area contributed by atoms with Crippen molar-refractivity contribution in [2.45, 2.75) is 27.7 Å². The van der Waals surface area contributed by atoms with Gasteiger partial charge in [-0.25, -0.2) is 0 Å². The minimum Gasteiger partial charge on any atom is -0.0912 e. The van der Waals surface area contributed by atoms with Crippen LogP contribution in [0.3, 0.4) is 0 Å². The molecule has 0 aromatic rings. The first-order valence-electron chi connectivity index (χ1n) is 5.61. The second-order valence-electron chi connectivity index (χ2n) is 3.54. The minimum atomic E-state index is 1.03. The van der Waals surface area contributed by atoms with E-state index in [-0.39, 0.29) is 0 Å². The first-order valence-corrected chi connectivity index (χ1v) is 5.61. The Morgan fingerprint density at radius 3 is 2.12 bits per heavy atom. The van der Waals surface area contributed by atoms with Gasteiger partial charge in [0.1, 0.15) is 0 Å². The van der Waals surface area contributed by atoms with E-state index in [1.165, 1.54) is 5.57 Å². The molecule has 86 valence electrons. The van der Waals surface area contributed by atoms with Crippen LogP contribution in [0.15, 0.2) is 71.9 Å². The summed E-state index contributed by atoms with van der Waals surface area (Å²) in [5.41, 5.74) is 3.41. The van der Waals surface area contributed by atoms with Crippen molar-refractivity contribution in [3.8, 4) is 0 Å². The predicted octanol–water partition coefficient (Wildman–Crippen LogP) is 5.14. The molecule has 0 aliphatic rings. The molecular weight excluding hydrogens is 192 g/mol. The molecule has 0 spiro atoms. The maximum atomic E-state index is 4.07. The maximum Gasteiger partial charge on any atom is -0.0193 e. The highest BCUT2D eigenvalue weighted by atomic mass is 14.0. The molecule has 0 nitrogen and oxygen atoms in total. The van der Waals surface area contributed by atoms with Crippen LogP contribution in [0, 0.1) is 0 Å². The minimum absolute atomic E-state index is 1.03. The maximum absolute atomic E-state index is 4.07. The Balaban J connectivity index is 4.83. The summed E-state index contributed by atoms with van der Waals surface area (Å²) in [6.07, 6.45) is 16.4. The van der Waals surface area contributed by atoms with Crippen LogP contribution in [-0.2, 0) is 0 Å². The molecule has 0 bridgehead atoms. The third-order valence-corrected chi connectivity index (χ3v) is 2.19. The van der Waals surface area contributed by atoms with E-state index < -0.39 is 0 Å². The van der Waals surface area contributed by atoms with Crippen LogP contribution in [0.4, 0.5) is 0 Å². The fourth-order valence-corrected chi connectivity index (χ4v) is 1.07. The smallest absolute Gasteiger partial charge is 0.0193 e. The molecule has 0 heteroatoms. The van der Waals surface area contributed by atoms with Crippen molar-refractivity contribution in [3.05, 3.63) is 71.9 Å². The summed E-state index contributed by atoms with van der Waals surface area (Å²) in [5, 5.41) is 0. The second kappa shape index (κ2) is 8.72. The normalized spacial score (nSPS) is 14.5. The number of hydrogen-bond donors (Lipinski definition) is 0. The van der Waals surface area contributed by atoms with Crippen molar-refractivity contribution in [2.75, 3.05) is 0 Å². The number of allylic oxidation sites excluding steroid dienone is 11. The number of hydrogen-bond acceptors (Lipinski definition) is 0. The van der Waals surface area contributed by atoms with E-state index in [1.807, 2.05) is 45.1 Å². The van der Waals surface area contributed by atoms with Crippen LogP contribution in [0.25, 0.3) is 0 Å². The van der Waals surface area contributed by atoms with E-state index in [0.717, 1.165) is 11.1 Å². The molecule has 0 heterocycles. The fraction of sp³-hybridized carbons (Fsp3) is 0.250. The average Bonchev–Trinajstić information content (AvgIpc) is 2.30. The Morgan fingerprint density at radius 1 is 0.938 bits per heavy atom. The molecule has 0 amide bonds. The Morgan fingerprint density at radius 2 is 1.62 bits per heavy atom. The van der Waals surface area contributed by atoms with Gasteiger partial charge >= 0.3 is 0 Å². The van der Waals surface area contributed by atoms with E-state index in [9.17, 15) is 0 Å². The van der Waals surface area contributed by atoms with Gasteiger partial charge in [-0.05, 0) is 38.8 Å². The summed E-state index contributed by atoms with van der Waals surface area (Å²) in [6.45, 7) is 12.2. The summed E-state index contributed by atoms with van der Waals surface area (Å²) in [6, 6.07) is 0. The summed E-state index contributed by atoms with van der Waals surface area (Å²) in [7, 11) is 0. The van der Waals surface area contributed by atoms with Gasteiger partial charge in [0.05, 0.1) is 0 Å². The second-order valence-corrected chi connectivity index (χ2v) is 3.54. The van der Waals surface area contributed by atoms with Crippen LogP contribution in [0.5, 0.6) is 0 Å². The summed E-state index contributed by atoms with van der Waals surface area (Å²) in [4.78, 5) is 0. The molecule has 0 saturated heterocycles. The molecule has 0 aliphatic heterocycles. The van der Waals surface area contributed by atoms with Gasteiger partial charge in [-0.15, -0.1) is 0 Å². The highest BCUT2D eigenvalue weighted by Crippen LogP contribution is 2.12. The molecule has 0 aromatic carbocycles. The largest absolute Gasteiger partial charge is 0.0912 e. The lowest BCUT2D eigenvalue weighted by molar-refractivity contribution is 1.45. The van der Waals surface area contributed by atoms with Crippen LogP contribution in [0.2, 0.25) is 0 Å². The summed E-state index contributed by atoms with van der Waals surface area (Å²) >= 11 is 0. The van der Waals surface area contributed by atoms with Crippen molar-refractivity contribution >= 4 is 0 Å². The molecule has 0 aromatic heterocycles. The van der Waals surface area contributed by atoms with Crippen molar-refractivity contribution in [3.63, 3.8) is 0 Å². The standard InChI is InChI=1S/C16H22/c1-6-9-11-16(10-7-2)15(5)13-12-14(4)8-3/h6-13H,5H2,1-4H3/b9-6+,10-7-,13-12-,14-8-,16-11+. The lowest BCUT2D eigenvalue weighted by atomic mass is 10.1. The Kier molecular flexibility index (Phi) is 7.87. The van der Waals surface area contributed by atoms with E-state index in [2.05, 4.69) is 37.8 Å². The van der Waals surface area contributed by atoms with Crippen molar-refractivity contribution in [2.24, 2.45) is 0 Å². The van der Waals surface area contributed by atoms with E-state index in [1.54, 1.807) is 0 Å². The first-order chi connectivity index (χ1) is 7.65. The van der Waals surface area contributed by atoms with Gasteiger partial charge in [0, 0.05) is 0 Å². The molecule has 0 fully saturated rings. The van der Waals surface area contributed by atoms with Crippen LogP contribution in [0.1, 0.15) is 27.7 Å². The molecule has 0 N–H and O–H groups in total. The molecular formula is C16H22. The summed E-state index contributed by atoms with van der Waals surface area (Å²) < 4.78 is 0. The Labute approximate surface area is 100 Å². The van der Waals surface area contributed by atoms with Crippen molar-refractivity contribution in [1.82, 2.24) is 0 Å². The van der Waals surface area contributed by atoms with Crippen molar-refractivity contribution in [1.29, 1.82) is 0 Å². The molecule has 16 heavy (non-hydrogen) atoms. The van der Waals surface area contributed by atoms with Gasteiger partial charge in [-0.2, -0.15) is 0 Å². The van der Waals surface area contributed by atoms with Crippen molar-refractivity contribution < 1.29 is 0 Å².